The van der Waals surface area contributed by atoms with Crippen molar-refractivity contribution in [3.05, 3.63) is 29.8 Å². The van der Waals surface area contributed by atoms with E-state index >= 15 is 0 Å². The summed E-state index contributed by atoms with van der Waals surface area (Å²) in [4.78, 5) is 0. The lowest BCUT2D eigenvalue weighted by molar-refractivity contribution is -0.127. The van der Waals surface area contributed by atoms with Crippen molar-refractivity contribution >= 4 is 0 Å². The van der Waals surface area contributed by atoms with E-state index < -0.39 is 5.60 Å². The summed E-state index contributed by atoms with van der Waals surface area (Å²) in [6.45, 7) is 4.55. The second-order valence-electron chi connectivity index (χ2n) is 5.77. The van der Waals surface area contributed by atoms with Crippen molar-refractivity contribution in [2.75, 3.05) is 27.6 Å². The molecule has 0 saturated carbocycles. The molecule has 1 N–H and O–H groups in total. The molecule has 5 heteroatoms. The Hall–Kier alpha value is -1.58. The Kier molecular flexibility index (Phi) is 9.43. The zero-order valence-electron chi connectivity index (χ0n) is 15.0. The van der Waals surface area contributed by atoms with Crippen LogP contribution in [0.1, 0.15) is 32.3 Å². The predicted octanol–water partition coefficient (Wildman–Crippen LogP) is 2.76. The van der Waals surface area contributed by atoms with Crippen LogP contribution in [0.25, 0.3) is 0 Å². The standard InChI is InChI=1S/C19H28O5/c1-16(23-14-17-7-9-18(22-4)10-8-17)6-5-11-19(2,12-13-20)24-15-21-3/h7-10,16,20H,11-15H2,1-4H3. The normalized spacial score (nSPS) is 14.4. The molecular formula is C19H28O5. The Bertz CT molecular complexity index is 517. The molecule has 0 saturated heterocycles. The lowest BCUT2D eigenvalue weighted by Gasteiger charge is -2.26. The number of benzene rings is 1. The first-order chi connectivity index (χ1) is 11.5. The van der Waals surface area contributed by atoms with Gasteiger partial charge in [-0.1, -0.05) is 24.0 Å². The minimum Gasteiger partial charge on any atom is -0.497 e. The smallest absolute Gasteiger partial charge is 0.147 e. The van der Waals surface area contributed by atoms with Crippen LogP contribution < -0.4 is 4.74 Å². The van der Waals surface area contributed by atoms with Crippen molar-refractivity contribution < 1.29 is 24.1 Å². The number of aliphatic hydroxyl groups excluding tert-OH is 1. The molecule has 1 aromatic carbocycles. The van der Waals surface area contributed by atoms with Crippen LogP contribution in [0.5, 0.6) is 5.75 Å². The maximum Gasteiger partial charge on any atom is 0.147 e. The third-order valence-corrected chi connectivity index (χ3v) is 3.59. The molecule has 0 amide bonds. The van der Waals surface area contributed by atoms with Gasteiger partial charge >= 0.3 is 0 Å². The molecular weight excluding hydrogens is 308 g/mol. The molecule has 0 bridgehead atoms. The third-order valence-electron chi connectivity index (χ3n) is 3.59. The average Bonchev–Trinajstić information content (AvgIpc) is 2.59. The molecule has 2 atom stereocenters. The van der Waals surface area contributed by atoms with Crippen molar-refractivity contribution in [2.45, 2.75) is 45.0 Å². The zero-order valence-corrected chi connectivity index (χ0v) is 15.0. The molecule has 0 aromatic heterocycles. The van der Waals surface area contributed by atoms with Crippen molar-refractivity contribution in [1.29, 1.82) is 0 Å². The van der Waals surface area contributed by atoms with E-state index in [-0.39, 0.29) is 19.5 Å². The number of methoxy groups -OCH3 is 2. The maximum absolute atomic E-state index is 9.15. The summed E-state index contributed by atoms with van der Waals surface area (Å²) < 4.78 is 21.4. The molecule has 0 aliphatic carbocycles. The lowest BCUT2D eigenvalue weighted by atomic mass is 9.98. The summed E-state index contributed by atoms with van der Waals surface area (Å²) in [5, 5.41) is 9.15. The average molecular weight is 336 g/mol. The number of aliphatic hydroxyl groups is 1. The summed E-state index contributed by atoms with van der Waals surface area (Å²) >= 11 is 0. The first kappa shape index (κ1) is 20.5. The summed E-state index contributed by atoms with van der Waals surface area (Å²) in [5.41, 5.74) is 0.547. The number of hydrogen-bond donors (Lipinski definition) is 1. The van der Waals surface area contributed by atoms with E-state index in [0.717, 1.165) is 11.3 Å². The van der Waals surface area contributed by atoms with Crippen molar-refractivity contribution in [2.24, 2.45) is 0 Å². The van der Waals surface area contributed by atoms with Gasteiger partial charge in [0.05, 0.1) is 19.3 Å². The van der Waals surface area contributed by atoms with Gasteiger partial charge in [0.1, 0.15) is 18.6 Å². The minimum absolute atomic E-state index is 0.0470. The molecule has 0 aliphatic heterocycles. The van der Waals surface area contributed by atoms with Gasteiger partial charge in [0.2, 0.25) is 0 Å². The van der Waals surface area contributed by atoms with Crippen LogP contribution in [-0.4, -0.2) is 44.4 Å². The highest BCUT2D eigenvalue weighted by Crippen LogP contribution is 2.19. The van der Waals surface area contributed by atoms with Crippen LogP contribution in [0.4, 0.5) is 0 Å². The Morgan fingerprint density at radius 1 is 1.21 bits per heavy atom. The van der Waals surface area contributed by atoms with Crippen LogP contribution in [0.3, 0.4) is 0 Å². The van der Waals surface area contributed by atoms with Crippen molar-refractivity contribution in [3.63, 3.8) is 0 Å². The Labute approximate surface area is 144 Å². The second-order valence-corrected chi connectivity index (χ2v) is 5.77. The monoisotopic (exact) mass is 336 g/mol. The van der Waals surface area contributed by atoms with Crippen LogP contribution >= 0.6 is 0 Å². The van der Waals surface area contributed by atoms with E-state index in [9.17, 15) is 0 Å². The SMILES string of the molecule is COCOC(C)(CC#CC(C)OCc1ccc(OC)cc1)CCO. The van der Waals surface area contributed by atoms with E-state index in [1.54, 1.807) is 14.2 Å². The highest BCUT2D eigenvalue weighted by Gasteiger charge is 2.23. The first-order valence-electron chi connectivity index (χ1n) is 7.99. The van der Waals surface area contributed by atoms with E-state index in [4.69, 9.17) is 24.1 Å². The summed E-state index contributed by atoms with van der Waals surface area (Å²) in [6.07, 6.45) is 0.826. The van der Waals surface area contributed by atoms with E-state index in [1.165, 1.54) is 0 Å². The molecule has 134 valence electrons. The van der Waals surface area contributed by atoms with Crippen LogP contribution in [0.2, 0.25) is 0 Å². The highest BCUT2D eigenvalue weighted by molar-refractivity contribution is 5.26. The maximum atomic E-state index is 9.15. The van der Waals surface area contributed by atoms with Crippen LogP contribution in [0.15, 0.2) is 24.3 Å². The van der Waals surface area contributed by atoms with Gasteiger partial charge in [-0.3, -0.25) is 0 Å². The molecule has 0 spiro atoms. The zero-order chi connectivity index (χ0) is 17.8. The molecule has 0 radical (unpaired) electrons. The van der Waals surface area contributed by atoms with Crippen molar-refractivity contribution in [1.82, 2.24) is 0 Å². The van der Waals surface area contributed by atoms with Gasteiger partial charge < -0.3 is 24.1 Å². The van der Waals surface area contributed by atoms with Gasteiger partial charge in [0.25, 0.3) is 0 Å². The second kappa shape index (κ2) is 11.1. The Morgan fingerprint density at radius 3 is 2.50 bits per heavy atom. The molecule has 1 aromatic rings. The summed E-state index contributed by atoms with van der Waals surface area (Å²) in [6, 6.07) is 7.75. The van der Waals surface area contributed by atoms with E-state index in [0.29, 0.717) is 19.4 Å². The molecule has 0 heterocycles. The third kappa shape index (κ3) is 7.80. The van der Waals surface area contributed by atoms with Crippen LogP contribution in [-0.2, 0) is 20.8 Å². The molecule has 1 rings (SSSR count). The quantitative estimate of drug-likeness (QED) is 0.526. The number of rotatable bonds is 10. The van der Waals surface area contributed by atoms with Crippen molar-refractivity contribution in [3.8, 4) is 17.6 Å². The van der Waals surface area contributed by atoms with Crippen LogP contribution in [0, 0.1) is 11.8 Å². The fourth-order valence-corrected chi connectivity index (χ4v) is 2.02. The van der Waals surface area contributed by atoms with Gasteiger partial charge in [-0.15, -0.1) is 0 Å². The fraction of sp³-hybridized carbons (Fsp3) is 0.579. The van der Waals surface area contributed by atoms with Gasteiger partial charge in [-0.05, 0) is 31.5 Å². The summed E-state index contributed by atoms with van der Waals surface area (Å²) in [5.74, 6) is 6.98. The predicted molar refractivity (Wildman–Crippen MR) is 92.7 cm³/mol. The molecule has 24 heavy (non-hydrogen) atoms. The largest absolute Gasteiger partial charge is 0.497 e. The topological polar surface area (TPSA) is 57.2 Å². The summed E-state index contributed by atoms with van der Waals surface area (Å²) in [7, 11) is 3.21. The molecule has 0 aliphatic rings. The lowest BCUT2D eigenvalue weighted by Crippen LogP contribution is -2.30. The molecule has 2 unspecified atom stereocenters. The Morgan fingerprint density at radius 2 is 1.92 bits per heavy atom. The number of hydrogen-bond acceptors (Lipinski definition) is 5. The Balaban J connectivity index is 2.45. The number of ether oxygens (including phenoxy) is 4. The first-order valence-corrected chi connectivity index (χ1v) is 7.99. The van der Waals surface area contributed by atoms with Gasteiger partial charge in [-0.2, -0.15) is 0 Å². The van der Waals surface area contributed by atoms with Gasteiger partial charge in [-0.25, -0.2) is 0 Å². The minimum atomic E-state index is -0.520. The van der Waals surface area contributed by atoms with E-state index in [2.05, 4.69) is 11.8 Å². The van der Waals surface area contributed by atoms with Gasteiger partial charge in [0.15, 0.2) is 0 Å². The highest BCUT2D eigenvalue weighted by atomic mass is 16.7. The van der Waals surface area contributed by atoms with E-state index in [1.807, 2.05) is 38.1 Å². The molecule has 5 nitrogen and oxygen atoms in total. The van der Waals surface area contributed by atoms with Gasteiger partial charge in [0, 0.05) is 26.6 Å². The fourth-order valence-electron chi connectivity index (χ4n) is 2.02. The molecule has 0 fully saturated rings.